The van der Waals surface area contributed by atoms with Gasteiger partial charge in [0, 0.05) is 29.9 Å². The summed E-state index contributed by atoms with van der Waals surface area (Å²) in [5.41, 5.74) is 1.79. The zero-order valence-corrected chi connectivity index (χ0v) is 11.7. The Hall–Kier alpha value is -2.63. The molecular formula is C15H15FN2O3. The van der Waals surface area contributed by atoms with Crippen molar-refractivity contribution in [2.75, 3.05) is 12.4 Å². The molecule has 0 fully saturated rings. The molecule has 0 aliphatic heterocycles. The van der Waals surface area contributed by atoms with Crippen LogP contribution in [-0.2, 0) is 6.54 Å². The number of nitrogens with one attached hydrogen (secondary N) is 1. The van der Waals surface area contributed by atoms with Crippen LogP contribution < -0.4 is 10.1 Å². The lowest BCUT2D eigenvalue weighted by atomic mass is 10.1. The molecule has 2 rings (SSSR count). The van der Waals surface area contributed by atoms with E-state index in [0.717, 1.165) is 0 Å². The number of halogens is 1. The number of methoxy groups -OCH3 is 1. The molecule has 6 heteroatoms. The molecule has 21 heavy (non-hydrogen) atoms. The van der Waals surface area contributed by atoms with Crippen LogP contribution in [0.25, 0.3) is 0 Å². The van der Waals surface area contributed by atoms with E-state index in [0.29, 0.717) is 29.1 Å². The summed E-state index contributed by atoms with van der Waals surface area (Å²) in [5, 5.41) is 13.8. The van der Waals surface area contributed by atoms with Crippen molar-refractivity contribution in [1.29, 1.82) is 0 Å². The van der Waals surface area contributed by atoms with Gasteiger partial charge in [-0.1, -0.05) is 6.07 Å². The third kappa shape index (κ3) is 3.47. The van der Waals surface area contributed by atoms with E-state index < -0.39 is 4.92 Å². The Balaban J connectivity index is 2.19. The molecule has 110 valence electrons. The SMILES string of the molecule is COc1ccc([N+](=O)[O-])cc1CNc1ccc(C)c(F)c1. The molecule has 2 aromatic rings. The fraction of sp³-hybridized carbons (Fsp3) is 0.200. The second kappa shape index (κ2) is 6.21. The summed E-state index contributed by atoms with van der Waals surface area (Å²) < 4.78 is 18.6. The van der Waals surface area contributed by atoms with Crippen LogP contribution in [0.15, 0.2) is 36.4 Å². The highest BCUT2D eigenvalue weighted by Crippen LogP contribution is 2.25. The van der Waals surface area contributed by atoms with Crippen molar-refractivity contribution in [1.82, 2.24) is 0 Å². The van der Waals surface area contributed by atoms with E-state index in [4.69, 9.17) is 4.74 Å². The number of nitro groups is 1. The van der Waals surface area contributed by atoms with Crippen LogP contribution in [0, 0.1) is 22.9 Å². The predicted molar refractivity (Wildman–Crippen MR) is 78.1 cm³/mol. The Bertz CT molecular complexity index is 674. The van der Waals surface area contributed by atoms with Crippen molar-refractivity contribution in [3.05, 3.63) is 63.5 Å². The highest BCUT2D eigenvalue weighted by atomic mass is 19.1. The summed E-state index contributed by atoms with van der Waals surface area (Å²) in [6.07, 6.45) is 0. The number of rotatable bonds is 5. The Labute approximate surface area is 121 Å². The van der Waals surface area contributed by atoms with Crippen LogP contribution >= 0.6 is 0 Å². The van der Waals surface area contributed by atoms with Crippen molar-refractivity contribution >= 4 is 11.4 Å². The molecule has 0 heterocycles. The van der Waals surface area contributed by atoms with Gasteiger partial charge in [-0.3, -0.25) is 10.1 Å². The fourth-order valence-electron chi connectivity index (χ4n) is 1.92. The highest BCUT2D eigenvalue weighted by Gasteiger charge is 2.11. The molecule has 0 aliphatic rings. The molecule has 0 aromatic heterocycles. The highest BCUT2D eigenvalue weighted by molar-refractivity contribution is 5.49. The maximum Gasteiger partial charge on any atom is 0.270 e. The standard InChI is InChI=1S/C15H15FN2O3/c1-10-3-4-12(8-14(10)16)17-9-11-7-13(18(19)20)5-6-15(11)21-2/h3-8,17H,9H2,1-2H3. The second-order valence-electron chi connectivity index (χ2n) is 4.57. The average molecular weight is 290 g/mol. The zero-order valence-electron chi connectivity index (χ0n) is 11.7. The van der Waals surface area contributed by atoms with Crippen LogP contribution in [0.1, 0.15) is 11.1 Å². The van der Waals surface area contributed by atoms with Gasteiger partial charge < -0.3 is 10.1 Å². The molecule has 0 saturated carbocycles. The summed E-state index contributed by atoms with van der Waals surface area (Å²) in [4.78, 5) is 10.3. The Kier molecular flexibility index (Phi) is 4.37. The first kappa shape index (κ1) is 14.8. The van der Waals surface area contributed by atoms with E-state index in [1.807, 2.05) is 0 Å². The second-order valence-corrected chi connectivity index (χ2v) is 4.57. The molecular weight excluding hydrogens is 275 g/mol. The van der Waals surface area contributed by atoms with Gasteiger partial charge in [-0.15, -0.1) is 0 Å². The minimum Gasteiger partial charge on any atom is -0.496 e. The van der Waals surface area contributed by atoms with Gasteiger partial charge in [-0.2, -0.15) is 0 Å². The quantitative estimate of drug-likeness (QED) is 0.674. The van der Waals surface area contributed by atoms with Gasteiger partial charge in [0.25, 0.3) is 5.69 Å². The van der Waals surface area contributed by atoms with Gasteiger partial charge in [-0.05, 0) is 30.7 Å². The van der Waals surface area contributed by atoms with Crippen LogP contribution in [0.4, 0.5) is 15.8 Å². The fourth-order valence-corrected chi connectivity index (χ4v) is 1.92. The maximum atomic E-state index is 13.5. The van der Waals surface area contributed by atoms with Crippen molar-refractivity contribution in [2.45, 2.75) is 13.5 Å². The van der Waals surface area contributed by atoms with Crippen molar-refractivity contribution in [3.63, 3.8) is 0 Å². The van der Waals surface area contributed by atoms with Crippen molar-refractivity contribution < 1.29 is 14.1 Å². The first-order valence-electron chi connectivity index (χ1n) is 6.32. The number of aryl methyl sites for hydroxylation is 1. The topological polar surface area (TPSA) is 64.4 Å². The molecule has 2 aromatic carbocycles. The third-order valence-corrected chi connectivity index (χ3v) is 3.13. The number of nitro benzene ring substituents is 1. The van der Waals surface area contributed by atoms with Gasteiger partial charge in [0.2, 0.25) is 0 Å². The number of ether oxygens (including phenoxy) is 1. The number of non-ortho nitro benzene ring substituents is 1. The predicted octanol–water partition coefficient (Wildman–Crippen LogP) is 3.66. The van der Waals surface area contributed by atoms with Gasteiger partial charge in [0.05, 0.1) is 12.0 Å². The van der Waals surface area contributed by atoms with Gasteiger partial charge >= 0.3 is 0 Å². The van der Waals surface area contributed by atoms with Gasteiger partial charge in [0.1, 0.15) is 11.6 Å². The Morgan fingerprint density at radius 3 is 2.67 bits per heavy atom. The smallest absolute Gasteiger partial charge is 0.270 e. The summed E-state index contributed by atoms with van der Waals surface area (Å²) in [7, 11) is 1.50. The van der Waals surface area contributed by atoms with Crippen molar-refractivity contribution in [3.8, 4) is 5.75 Å². The largest absolute Gasteiger partial charge is 0.496 e. The molecule has 5 nitrogen and oxygen atoms in total. The van der Waals surface area contributed by atoms with E-state index in [1.165, 1.54) is 25.3 Å². The molecule has 1 N–H and O–H groups in total. The minimum atomic E-state index is -0.464. The van der Waals surface area contributed by atoms with E-state index in [-0.39, 0.29) is 11.5 Å². The summed E-state index contributed by atoms with van der Waals surface area (Å²) >= 11 is 0. The molecule has 0 unspecified atom stereocenters. The molecule has 0 spiro atoms. The van der Waals surface area contributed by atoms with Crippen LogP contribution in [0.2, 0.25) is 0 Å². The first-order valence-corrected chi connectivity index (χ1v) is 6.32. The lowest BCUT2D eigenvalue weighted by Crippen LogP contribution is -2.03. The Morgan fingerprint density at radius 1 is 1.29 bits per heavy atom. The Morgan fingerprint density at radius 2 is 2.05 bits per heavy atom. The van der Waals surface area contributed by atoms with E-state index in [9.17, 15) is 14.5 Å². The normalized spacial score (nSPS) is 10.2. The number of anilines is 1. The summed E-state index contributed by atoms with van der Waals surface area (Å²) in [6.45, 7) is 1.98. The lowest BCUT2D eigenvalue weighted by Gasteiger charge is -2.11. The van der Waals surface area contributed by atoms with Crippen molar-refractivity contribution in [2.24, 2.45) is 0 Å². The third-order valence-electron chi connectivity index (χ3n) is 3.13. The molecule has 0 bridgehead atoms. The van der Waals surface area contributed by atoms with Gasteiger partial charge in [-0.25, -0.2) is 4.39 Å². The summed E-state index contributed by atoms with van der Waals surface area (Å²) in [6, 6.07) is 9.18. The molecule has 0 aliphatic carbocycles. The molecule has 0 radical (unpaired) electrons. The molecule has 0 saturated heterocycles. The van der Waals surface area contributed by atoms with Gasteiger partial charge in [0.15, 0.2) is 0 Å². The van der Waals surface area contributed by atoms with Crippen LogP contribution in [0.5, 0.6) is 5.75 Å². The number of nitrogens with zero attached hydrogens (tertiary/aromatic N) is 1. The minimum absolute atomic E-state index is 0.0114. The van der Waals surface area contributed by atoms with E-state index in [2.05, 4.69) is 5.32 Å². The lowest BCUT2D eigenvalue weighted by molar-refractivity contribution is -0.384. The summed E-state index contributed by atoms with van der Waals surface area (Å²) in [5.74, 6) is 0.242. The van der Waals surface area contributed by atoms with Crippen LogP contribution in [0.3, 0.4) is 0 Å². The molecule has 0 amide bonds. The number of hydrogen-bond acceptors (Lipinski definition) is 4. The van der Waals surface area contributed by atoms with E-state index in [1.54, 1.807) is 25.1 Å². The molecule has 0 atom stereocenters. The zero-order chi connectivity index (χ0) is 15.4. The first-order chi connectivity index (χ1) is 10.0. The number of hydrogen-bond donors (Lipinski definition) is 1. The monoisotopic (exact) mass is 290 g/mol. The average Bonchev–Trinajstić information content (AvgIpc) is 2.48. The maximum absolute atomic E-state index is 13.5. The van der Waals surface area contributed by atoms with Crippen LogP contribution in [-0.4, -0.2) is 12.0 Å². The van der Waals surface area contributed by atoms with E-state index >= 15 is 0 Å². The number of benzene rings is 2.